The van der Waals surface area contributed by atoms with Gasteiger partial charge in [0.15, 0.2) is 9.84 Å². The van der Waals surface area contributed by atoms with E-state index in [0.29, 0.717) is 13.0 Å². The molecule has 2 aliphatic rings. The van der Waals surface area contributed by atoms with E-state index in [2.05, 4.69) is 5.32 Å². The third-order valence-corrected chi connectivity index (χ3v) is 6.54. The van der Waals surface area contributed by atoms with Gasteiger partial charge in [0.1, 0.15) is 6.54 Å². The molecule has 0 spiro atoms. The van der Waals surface area contributed by atoms with Crippen LogP contribution in [0.4, 0.5) is 4.79 Å². The molecule has 0 aromatic heterocycles. The number of nitrogens with zero attached hydrogens (tertiary/aromatic N) is 1. The molecule has 1 aliphatic carbocycles. The topological polar surface area (TPSA) is 83.6 Å². The molecule has 2 fully saturated rings. The molecular formula is C18H22N2O4S. The molecule has 3 rings (SSSR count). The molecule has 1 N–H and O–H groups in total. The molecule has 0 atom stereocenters. The quantitative estimate of drug-likeness (QED) is 0.563. The molecule has 7 heteroatoms. The van der Waals surface area contributed by atoms with Gasteiger partial charge in [0.25, 0.3) is 0 Å². The molecule has 1 aromatic rings. The van der Waals surface area contributed by atoms with Gasteiger partial charge in [-0.05, 0) is 24.8 Å². The number of imide groups is 1. The van der Waals surface area contributed by atoms with Gasteiger partial charge in [0.2, 0.25) is 5.91 Å². The highest BCUT2D eigenvalue weighted by molar-refractivity contribution is 7.91. The van der Waals surface area contributed by atoms with Crippen molar-refractivity contribution in [2.24, 2.45) is 0 Å². The van der Waals surface area contributed by atoms with Gasteiger partial charge in [-0.25, -0.2) is 13.2 Å². The summed E-state index contributed by atoms with van der Waals surface area (Å²) in [4.78, 5) is 23.8. The predicted molar refractivity (Wildman–Crippen MR) is 94.9 cm³/mol. The lowest BCUT2D eigenvalue weighted by molar-refractivity contribution is -0.118. The highest BCUT2D eigenvalue weighted by Gasteiger charge is 2.47. The van der Waals surface area contributed by atoms with Gasteiger partial charge >= 0.3 is 6.03 Å². The fourth-order valence-corrected chi connectivity index (χ4v) is 5.09. The second-order valence-corrected chi connectivity index (χ2v) is 8.92. The highest BCUT2D eigenvalue weighted by atomic mass is 32.2. The van der Waals surface area contributed by atoms with Crippen molar-refractivity contribution in [2.75, 3.05) is 24.6 Å². The van der Waals surface area contributed by atoms with E-state index in [0.717, 1.165) is 18.4 Å². The number of allylic oxidation sites excluding steroid dienone is 1. The maximum Gasteiger partial charge on any atom is 0.324 e. The van der Waals surface area contributed by atoms with Gasteiger partial charge in [0, 0.05) is 12.0 Å². The number of hydrogen-bond acceptors (Lipinski definition) is 4. The summed E-state index contributed by atoms with van der Waals surface area (Å²) in [6.07, 6.45) is 5.75. The van der Waals surface area contributed by atoms with Crippen LogP contribution in [-0.4, -0.2) is 49.9 Å². The fourth-order valence-electron chi connectivity index (χ4n) is 3.15. The lowest BCUT2D eigenvalue weighted by atomic mass is 9.99. The van der Waals surface area contributed by atoms with E-state index in [4.69, 9.17) is 0 Å². The molecule has 0 radical (unpaired) electrons. The number of nitrogens with one attached hydrogen (secondary N) is 1. The van der Waals surface area contributed by atoms with Crippen molar-refractivity contribution >= 4 is 21.8 Å². The van der Waals surface area contributed by atoms with Crippen LogP contribution in [0.1, 0.15) is 24.8 Å². The van der Waals surface area contributed by atoms with Crippen LogP contribution in [0, 0.1) is 0 Å². The molecule has 3 amide bonds. The average molecular weight is 362 g/mol. The second kappa shape index (κ2) is 7.00. The normalized spacial score (nSPS) is 19.4. The van der Waals surface area contributed by atoms with Gasteiger partial charge in [0.05, 0.1) is 11.5 Å². The third kappa shape index (κ3) is 4.48. The lowest BCUT2D eigenvalue weighted by Crippen LogP contribution is -2.28. The van der Waals surface area contributed by atoms with Crippen molar-refractivity contribution in [2.45, 2.75) is 24.7 Å². The first kappa shape index (κ1) is 17.7. The largest absolute Gasteiger partial charge is 0.324 e. The average Bonchev–Trinajstić information content (AvgIpc) is 3.26. The molecule has 1 aromatic carbocycles. The molecule has 0 bridgehead atoms. The summed E-state index contributed by atoms with van der Waals surface area (Å²) < 4.78 is 24.8. The van der Waals surface area contributed by atoms with E-state index in [1.165, 1.54) is 4.90 Å². The van der Waals surface area contributed by atoms with Gasteiger partial charge in [-0.2, -0.15) is 0 Å². The van der Waals surface area contributed by atoms with Crippen molar-refractivity contribution < 1.29 is 18.0 Å². The summed E-state index contributed by atoms with van der Waals surface area (Å²) >= 11 is 0. The van der Waals surface area contributed by atoms with Crippen molar-refractivity contribution in [3.05, 3.63) is 48.0 Å². The number of benzene rings is 1. The summed E-state index contributed by atoms with van der Waals surface area (Å²) in [5.41, 5.74) is 0.913. The SMILES string of the molecule is O=C1CN(C/C=C\CCS(=O)(=O)CC2(c3ccccc3)CC2)C(=O)N1. The number of urea groups is 1. The summed E-state index contributed by atoms with van der Waals surface area (Å²) in [5.74, 6) is -0.0130. The molecule has 1 saturated carbocycles. The second-order valence-electron chi connectivity index (χ2n) is 6.73. The van der Waals surface area contributed by atoms with Crippen molar-refractivity contribution in [1.82, 2.24) is 10.2 Å². The van der Waals surface area contributed by atoms with Crippen LogP contribution in [0.5, 0.6) is 0 Å². The van der Waals surface area contributed by atoms with E-state index in [9.17, 15) is 18.0 Å². The molecule has 1 aliphatic heterocycles. The van der Waals surface area contributed by atoms with E-state index in [-0.39, 0.29) is 29.4 Å². The summed E-state index contributed by atoms with van der Waals surface area (Å²) in [5, 5.41) is 2.20. The minimum Gasteiger partial charge on any atom is -0.311 e. The Morgan fingerprint density at radius 3 is 2.44 bits per heavy atom. The first-order valence-corrected chi connectivity index (χ1v) is 10.2. The summed E-state index contributed by atoms with van der Waals surface area (Å²) in [6, 6.07) is 9.44. The number of rotatable bonds is 8. The zero-order valence-electron chi connectivity index (χ0n) is 14.0. The Morgan fingerprint density at radius 2 is 1.84 bits per heavy atom. The minimum atomic E-state index is -3.14. The first-order chi connectivity index (χ1) is 11.9. The van der Waals surface area contributed by atoms with E-state index < -0.39 is 15.9 Å². The van der Waals surface area contributed by atoms with Gasteiger partial charge in [-0.3, -0.25) is 10.1 Å². The Hall–Kier alpha value is -2.15. The third-order valence-electron chi connectivity index (χ3n) is 4.69. The predicted octanol–water partition coefficient (Wildman–Crippen LogP) is 1.63. The number of carbonyl (C=O) groups excluding carboxylic acids is 2. The molecule has 1 saturated heterocycles. The maximum atomic E-state index is 12.4. The zero-order valence-corrected chi connectivity index (χ0v) is 14.8. The van der Waals surface area contributed by atoms with Gasteiger partial charge in [-0.15, -0.1) is 0 Å². The van der Waals surface area contributed by atoms with Crippen LogP contribution < -0.4 is 5.32 Å². The minimum absolute atomic E-state index is 0.0566. The summed E-state index contributed by atoms with van der Waals surface area (Å²) in [7, 11) is -3.14. The number of hydrogen-bond donors (Lipinski definition) is 1. The van der Waals surface area contributed by atoms with Crippen molar-refractivity contribution in [3.8, 4) is 0 Å². The van der Waals surface area contributed by atoms with E-state index in [1.54, 1.807) is 12.2 Å². The van der Waals surface area contributed by atoms with Crippen LogP contribution in [0.25, 0.3) is 0 Å². The van der Waals surface area contributed by atoms with E-state index >= 15 is 0 Å². The Labute approximate surface area is 147 Å². The Bertz CT molecular complexity index is 783. The van der Waals surface area contributed by atoms with Crippen LogP contribution in [-0.2, 0) is 20.0 Å². The van der Waals surface area contributed by atoms with Gasteiger partial charge in [-0.1, -0.05) is 42.5 Å². The molecule has 25 heavy (non-hydrogen) atoms. The van der Waals surface area contributed by atoms with Crippen LogP contribution in [0.15, 0.2) is 42.5 Å². The summed E-state index contributed by atoms with van der Waals surface area (Å²) in [6.45, 7) is 0.368. The molecule has 6 nitrogen and oxygen atoms in total. The monoisotopic (exact) mass is 362 g/mol. The molecule has 134 valence electrons. The molecule has 0 unspecified atom stereocenters. The smallest absolute Gasteiger partial charge is 0.311 e. The van der Waals surface area contributed by atoms with Crippen molar-refractivity contribution in [3.63, 3.8) is 0 Å². The fraction of sp³-hybridized carbons (Fsp3) is 0.444. The molecular weight excluding hydrogens is 340 g/mol. The van der Waals surface area contributed by atoms with Crippen molar-refractivity contribution in [1.29, 1.82) is 0 Å². The van der Waals surface area contributed by atoms with E-state index in [1.807, 2.05) is 30.3 Å². The Balaban J connectivity index is 1.47. The lowest BCUT2D eigenvalue weighted by Gasteiger charge is -2.15. The maximum absolute atomic E-state index is 12.4. The van der Waals surface area contributed by atoms with Crippen LogP contribution in [0.3, 0.4) is 0 Å². The van der Waals surface area contributed by atoms with Gasteiger partial charge < -0.3 is 4.90 Å². The number of amides is 3. The Morgan fingerprint density at radius 1 is 1.12 bits per heavy atom. The van der Waals surface area contributed by atoms with Crippen LogP contribution in [0.2, 0.25) is 0 Å². The first-order valence-electron chi connectivity index (χ1n) is 8.40. The van der Waals surface area contributed by atoms with Crippen LogP contribution >= 0.6 is 0 Å². The standard InChI is InChI=1S/C18H22N2O4S/c21-16-13-20(17(22)19-16)11-5-2-6-12-25(23,24)14-18(9-10-18)15-7-3-1-4-8-15/h1-5,7-8H,6,9-14H2,(H,19,21,22)/b5-2-. The number of sulfone groups is 1. The molecule has 1 heterocycles. The Kier molecular flexibility index (Phi) is 4.94. The number of carbonyl (C=O) groups is 2. The zero-order chi connectivity index (χ0) is 17.9. The highest BCUT2D eigenvalue weighted by Crippen LogP contribution is 2.49.